The van der Waals surface area contributed by atoms with Gasteiger partial charge in [-0.2, -0.15) is 0 Å². The molecule has 1 aromatic rings. The van der Waals surface area contributed by atoms with E-state index in [1.807, 2.05) is 6.92 Å². The second-order valence-electron chi connectivity index (χ2n) is 3.40. The Balaban J connectivity index is 2.72. The molecule has 0 aliphatic carbocycles. The third kappa shape index (κ3) is 4.89. The predicted octanol–water partition coefficient (Wildman–Crippen LogP) is 1.83. The fourth-order valence-electron chi connectivity index (χ4n) is 1.18. The molecule has 0 bridgehead atoms. The standard InChI is InChI=1S/C10H14ClFN2O2S/c1-2-13-5-6-17(15,16)14-10-7-8(11)3-4-9(10)12/h3-4,7,13-14H,2,5-6H2,1H3. The van der Waals surface area contributed by atoms with E-state index in [0.29, 0.717) is 13.1 Å². The molecule has 7 heteroatoms. The van der Waals surface area contributed by atoms with Crippen molar-refractivity contribution in [2.75, 3.05) is 23.6 Å². The molecule has 0 radical (unpaired) electrons. The third-order valence-electron chi connectivity index (χ3n) is 1.99. The number of sulfonamides is 1. The van der Waals surface area contributed by atoms with Crippen molar-refractivity contribution in [2.45, 2.75) is 6.92 Å². The van der Waals surface area contributed by atoms with Crippen LogP contribution in [-0.2, 0) is 10.0 Å². The monoisotopic (exact) mass is 280 g/mol. The van der Waals surface area contributed by atoms with Gasteiger partial charge >= 0.3 is 0 Å². The first kappa shape index (κ1) is 14.2. The Hall–Kier alpha value is -0.850. The normalized spacial score (nSPS) is 11.5. The SMILES string of the molecule is CCNCCS(=O)(=O)Nc1cc(Cl)ccc1F. The number of rotatable bonds is 6. The number of nitrogens with one attached hydrogen (secondary N) is 2. The minimum Gasteiger partial charge on any atom is -0.316 e. The lowest BCUT2D eigenvalue weighted by molar-refractivity contribution is 0.594. The Labute approximate surface area is 105 Å². The topological polar surface area (TPSA) is 58.2 Å². The zero-order chi connectivity index (χ0) is 12.9. The van der Waals surface area contributed by atoms with Gasteiger partial charge in [-0.1, -0.05) is 18.5 Å². The minimum atomic E-state index is -3.56. The van der Waals surface area contributed by atoms with Gasteiger partial charge in [-0.15, -0.1) is 0 Å². The summed E-state index contributed by atoms with van der Waals surface area (Å²) >= 11 is 5.66. The minimum absolute atomic E-state index is 0.118. The number of hydrogen-bond donors (Lipinski definition) is 2. The van der Waals surface area contributed by atoms with E-state index in [2.05, 4.69) is 10.0 Å². The van der Waals surface area contributed by atoms with Gasteiger partial charge in [0.15, 0.2) is 0 Å². The van der Waals surface area contributed by atoms with Crippen molar-refractivity contribution >= 4 is 27.3 Å². The second-order valence-corrected chi connectivity index (χ2v) is 5.68. The van der Waals surface area contributed by atoms with Crippen LogP contribution < -0.4 is 10.0 Å². The summed E-state index contributed by atoms with van der Waals surface area (Å²) in [5.41, 5.74) is -0.131. The lowest BCUT2D eigenvalue weighted by Gasteiger charge is -2.09. The molecule has 17 heavy (non-hydrogen) atoms. The van der Waals surface area contributed by atoms with E-state index in [4.69, 9.17) is 11.6 Å². The first-order valence-corrected chi connectivity index (χ1v) is 7.14. The van der Waals surface area contributed by atoms with E-state index in [1.165, 1.54) is 12.1 Å². The summed E-state index contributed by atoms with van der Waals surface area (Å²) in [5.74, 6) is -0.770. The molecule has 0 amide bonds. The molecule has 0 unspecified atom stereocenters. The molecular formula is C10H14ClFN2O2S. The summed E-state index contributed by atoms with van der Waals surface area (Å²) in [6.45, 7) is 2.87. The van der Waals surface area contributed by atoms with Gasteiger partial charge in [0, 0.05) is 11.6 Å². The first-order valence-electron chi connectivity index (χ1n) is 5.11. The lowest BCUT2D eigenvalue weighted by Crippen LogP contribution is -2.26. The van der Waals surface area contributed by atoms with Gasteiger partial charge in [-0.3, -0.25) is 4.72 Å². The maximum Gasteiger partial charge on any atom is 0.234 e. The highest BCUT2D eigenvalue weighted by atomic mass is 35.5. The molecule has 0 fully saturated rings. The van der Waals surface area contributed by atoms with Crippen LogP contribution in [0, 0.1) is 5.82 Å². The number of anilines is 1. The summed E-state index contributed by atoms with van der Waals surface area (Å²) in [4.78, 5) is 0. The summed E-state index contributed by atoms with van der Waals surface area (Å²) in [6, 6.07) is 3.71. The Morgan fingerprint density at radius 2 is 2.12 bits per heavy atom. The smallest absolute Gasteiger partial charge is 0.234 e. The quantitative estimate of drug-likeness (QED) is 0.782. The van der Waals surface area contributed by atoms with E-state index >= 15 is 0 Å². The van der Waals surface area contributed by atoms with Gasteiger partial charge in [0.25, 0.3) is 0 Å². The Morgan fingerprint density at radius 3 is 2.76 bits per heavy atom. The van der Waals surface area contributed by atoms with Gasteiger partial charge < -0.3 is 5.32 Å². The van der Waals surface area contributed by atoms with Crippen molar-refractivity contribution in [3.63, 3.8) is 0 Å². The number of hydrogen-bond acceptors (Lipinski definition) is 3. The molecule has 0 atom stereocenters. The van der Waals surface area contributed by atoms with E-state index in [0.717, 1.165) is 6.07 Å². The molecule has 0 aromatic heterocycles. The Morgan fingerprint density at radius 1 is 1.41 bits per heavy atom. The summed E-state index contributed by atoms with van der Waals surface area (Å²) in [5, 5.41) is 3.15. The molecule has 4 nitrogen and oxygen atoms in total. The highest BCUT2D eigenvalue weighted by Crippen LogP contribution is 2.20. The van der Waals surface area contributed by atoms with Crippen LogP contribution in [0.2, 0.25) is 5.02 Å². The van der Waals surface area contributed by atoms with Crippen LogP contribution in [0.5, 0.6) is 0 Å². The van der Waals surface area contributed by atoms with Crippen molar-refractivity contribution in [3.05, 3.63) is 29.0 Å². The van der Waals surface area contributed by atoms with Crippen LogP contribution in [0.1, 0.15) is 6.92 Å². The van der Waals surface area contributed by atoms with Crippen LogP contribution in [-0.4, -0.2) is 27.3 Å². The fourth-order valence-corrected chi connectivity index (χ4v) is 2.36. The van der Waals surface area contributed by atoms with Crippen molar-refractivity contribution in [2.24, 2.45) is 0 Å². The van der Waals surface area contributed by atoms with Gasteiger partial charge in [0.05, 0.1) is 11.4 Å². The Kier molecular flexibility index (Phi) is 5.17. The van der Waals surface area contributed by atoms with Crippen LogP contribution in [0.25, 0.3) is 0 Å². The molecule has 0 saturated heterocycles. The van der Waals surface area contributed by atoms with Crippen LogP contribution in [0.15, 0.2) is 18.2 Å². The molecule has 1 aromatic carbocycles. The summed E-state index contributed by atoms with van der Waals surface area (Å²) in [6.07, 6.45) is 0. The van der Waals surface area contributed by atoms with E-state index in [9.17, 15) is 12.8 Å². The molecule has 0 aliphatic heterocycles. The summed E-state index contributed by atoms with van der Waals surface area (Å²) < 4.78 is 38.6. The zero-order valence-electron chi connectivity index (χ0n) is 9.33. The second kappa shape index (κ2) is 6.18. The highest BCUT2D eigenvalue weighted by Gasteiger charge is 2.12. The Bertz CT molecular complexity index is 479. The van der Waals surface area contributed by atoms with E-state index in [1.54, 1.807) is 0 Å². The molecule has 0 saturated carbocycles. The van der Waals surface area contributed by atoms with Gasteiger partial charge in [0.2, 0.25) is 10.0 Å². The maximum atomic E-state index is 13.3. The summed E-state index contributed by atoms with van der Waals surface area (Å²) in [7, 11) is -3.56. The molecule has 2 N–H and O–H groups in total. The molecule has 96 valence electrons. The zero-order valence-corrected chi connectivity index (χ0v) is 10.9. The van der Waals surface area contributed by atoms with Crippen molar-refractivity contribution < 1.29 is 12.8 Å². The average Bonchev–Trinajstić information content (AvgIpc) is 2.23. The van der Waals surface area contributed by atoms with Crippen molar-refractivity contribution in [1.29, 1.82) is 0 Å². The van der Waals surface area contributed by atoms with E-state index in [-0.39, 0.29) is 16.5 Å². The lowest BCUT2D eigenvalue weighted by atomic mass is 10.3. The molecule has 0 aliphatic rings. The van der Waals surface area contributed by atoms with Gasteiger partial charge in [-0.25, -0.2) is 12.8 Å². The van der Waals surface area contributed by atoms with Gasteiger partial charge in [-0.05, 0) is 24.7 Å². The fraction of sp³-hybridized carbons (Fsp3) is 0.400. The van der Waals surface area contributed by atoms with Crippen molar-refractivity contribution in [3.8, 4) is 0 Å². The molecular weight excluding hydrogens is 267 g/mol. The third-order valence-corrected chi connectivity index (χ3v) is 3.50. The molecule has 1 rings (SSSR count). The van der Waals surface area contributed by atoms with Crippen LogP contribution in [0.3, 0.4) is 0 Å². The highest BCUT2D eigenvalue weighted by molar-refractivity contribution is 7.92. The number of halogens is 2. The number of benzene rings is 1. The predicted molar refractivity (Wildman–Crippen MR) is 67.4 cm³/mol. The van der Waals surface area contributed by atoms with Crippen molar-refractivity contribution in [1.82, 2.24) is 5.32 Å². The van der Waals surface area contributed by atoms with Crippen LogP contribution in [0.4, 0.5) is 10.1 Å². The van der Waals surface area contributed by atoms with Gasteiger partial charge in [0.1, 0.15) is 5.82 Å². The van der Waals surface area contributed by atoms with E-state index < -0.39 is 15.8 Å². The largest absolute Gasteiger partial charge is 0.316 e. The average molecular weight is 281 g/mol. The van der Waals surface area contributed by atoms with Crippen LogP contribution >= 0.6 is 11.6 Å². The first-order chi connectivity index (χ1) is 7.94. The maximum absolute atomic E-state index is 13.3. The molecule has 0 heterocycles. The molecule has 0 spiro atoms.